The molecule has 1 aromatic carbocycles. The van der Waals surface area contributed by atoms with Gasteiger partial charge in [0, 0.05) is 24.0 Å². The standard InChI is InChI=1S/C15H20N4O/c1-4-15(20)18-13-7-5-6-12(10(13)2)17-11(3)14-8-9-16-19-14/h5-9,11,17H,4H2,1-3H3,(H,16,19)(H,18,20). The van der Waals surface area contributed by atoms with E-state index in [1.165, 1.54) is 0 Å². The number of H-pyrrole nitrogens is 1. The lowest BCUT2D eigenvalue weighted by atomic mass is 10.1. The molecule has 3 N–H and O–H groups in total. The van der Waals surface area contributed by atoms with Gasteiger partial charge in [0.25, 0.3) is 0 Å². The summed E-state index contributed by atoms with van der Waals surface area (Å²) in [7, 11) is 0. The summed E-state index contributed by atoms with van der Waals surface area (Å²) >= 11 is 0. The summed E-state index contributed by atoms with van der Waals surface area (Å²) in [5, 5.41) is 13.2. The van der Waals surface area contributed by atoms with Crippen LogP contribution >= 0.6 is 0 Å². The molecule has 0 spiro atoms. The number of hydrogen-bond acceptors (Lipinski definition) is 3. The van der Waals surface area contributed by atoms with Crippen molar-refractivity contribution in [2.24, 2.45) is 0 Å². The minimum atomic E-state index is 0.0202. The molecular formula is C15H20N4O. The van der Waals surface area contributed by atoms with E-state index in [0.717, 1.165) is 22.6 Å². The molecule has 2 rings (SSSR count). The van der Waals surface area contributed by atoms with Gasteiger partial charge in [0.1, 0.15) is 0 Å². The Morgan fingerprint density at radius 1 is 1.35 bits per heavy atom. The molecule has 0 aliphatic heterocycles. The van der Waals surface area contributed by atoms with E-state index in [-0.39, 0.29) is 11.9 Å². The zero-order valence-electron chi connectivity index (χ0n) is 12.0. The van der Waals surface area contributed by atoms with E-state index in [1.54, 1.807) is 6.20 Å². The summed E-state index contributed by atoms with van der Waals surface area (Å²) in [5.41, 5.74) is 3.90. The van der Waals surface area contributed by atoms with Gasteiger partial charge in [-0.1, -0.05) is 13.0 Å². The molecule has 0 aliphatic rings. The number of nitrogens with zero attached hydrogens (tertiary/aromatic N) is 1. The zero-order chi connectivity index (χ0) is 14.5. The summed E-state index contributed by atoms with van der Waals surface area (Å²) in [6.07, 6.45) is 2.21. The molecule has 0 fully saturated rings. The van der Waals surface area contributed by atoms with Crippen molar-refractivity contribution in [1.29, 1.82) is 0 Å². The highest BCUT2D eigenvalue weighted by Crippen LogP contribution is 2.26. The van der Waals surface area contributed by atoms with Crippen molar-refractivity contribution in [2.75, 3.05) is 10.6 Å². The molecule has 2 aromatic rings. The third kappa shape index (κ3) is 3.17. The predicted octanol–water partition coefficient (Wildman–Crippen LogP) is 3.24. The van der Waals surface area contributed by atoms with E-state index >= 15 is 0 Å². The molecule has 0 radical (unpaired) electrons. The Hall–Kier alpha value is -2.30. The molecule has 106 valence electrons. The van der Waals surface area contributed by atoms with E-state index in [2.05, 4.69) is 27.8 Å². The van der Waals surface area contributed by atoms with Crippen LogP contribution in [0.3, 0.4) is 0 Å². The second-order valence-electron chi connectivity index (χ2n) is 4.76. The molecule has 0 bridgehead atoms. The van der Waals surface area contributed by atoms with Crippen molar-refractivity contribution in [1.82, 2.24) is 10.2 Å². The van der Waals surface area contributed by atoms with Gasteiger partial charge in [0.15, 0.2) is 0 Å². The molecule has 1 unspecified atom stereocenters. The van der Waals surface area contributed by atoms with E-state index < -0.39 is 0 Å². The number of amides is 1. The van der Waals surface area contributed by atoms with E-state index in [0.29, 0.717) is 6.42 Å². The second kappa shape index (κ2) is 6.23. The van der Waals surface area contributed by atoms with Gasteiger partial charge in [0.05, 0.1) is 11.7 Å². The lowest BCUT2D eigenvalue weighted by Gasteiger charge is -2.18. The largest absolute Gasteiger partial charge is 0.377 e. The molecule has 0 saturated heterocycles. The Kier molecular flexibility index (Phi) is 4.40. The number of anilines is 2. The number of carbonyl (C=O) groups is 1. The number of rotatable bonds is 5. The zero-order valence-corrected chi connectivity index (χ0v) is 12.0. The fourth-order valence-electron chi connectivity index (χ4n) is 1.98. The number of benzene rings is 1. The van der Waals surface area contributed by atoms with Gasteiger partial charge in [-0.2, -0.15) is 5.10 Å². The summed E-state index contributed by atoms with van der Waals surface area (Å²) in [4.78, 5) is 11.5. The molecule has 1 heterocycles. The van der Waals surface area contributed by atoms with Crippen LogP contribution in [0.5, 0.6) is 0 Å². The first-order valence-electron chi connectivity index (χ1n) is 6.77. The number of aromatic amines is 1. The van der Waals surface area contributed by atoms with Gasteiger partial charge in [-0.15, -0.1) is 0 Å². The van der Waals surface area contributed by atoms with Gasteiger partial charge in [-0.25, -0.2) is 0 Å². The average molecular weight is 272 g/mol. The minimum Gasteiger partial charge on any atom is -0.377 e. The van der Waals surface area contributed by atoms with Gasteiger partial charge in [-0.3, -0.25) is 9.89 Å². The van der Waals surface area contributed by atoms with Crippen molar-refractivity contribution < 1.29 is 4.79 Å². The monoisotopic (exact) mass is 272 g/mol. The van der Waals surface area contributed by atoms with E-state index in [4.69, 9.17) is 0 Å². The van der Waals surface area contributed by atoms with Gasteiger partial charge >= 0.3 is 0 Å². The first-order chi connectivity index (χ1) is 9.61. The van der Waals surface area contributed by atoms with Crippen LogP contribution in [-0.4, -0.2) is 16.1 Å². The molecular weight excluding hydrogens is 252 g/mol. The normalized spacial score (nSPS) is 11.9. The van der Waals surface area contributed by atoms with E-state index in [9.17, 15) is 4.79 Å². The molecule has 5 heteroatoms. The lowest BCUT2D eigenvalue weighted by Crippen LogP contribution is -2.12. The first-order valence-corrected chi connectivity index (χ1v) is 6.77. The van der Waals surface area contributed by atoms with Crippen molar-refractivity contribution in [3.05, 3.63) is 41.7 Å². The Balaban J connectivity index is 2.16. The van der Waals surface area contributed by atoms with Crippen LogP contribution in [0.25, 0.3) is 0 Å². The van der Waals surface area contributed by atoms with Crippen LogP contribution in [0.1, 0.15) is 37.6 Å². The average Bonchev–Trinajstić information content (AvgIpc) is 2.97. The highest BCUT2D eigenvalue weighted by molar-refractivity contribution is 5.92. The van der Waals surface area contributed by atoms with Crippen LogP contribution in [0, 0.1) is 6.92 Å². The Morgan fingerprint density at radius 2 is 2.10 bits per heavy atom. The summed E-state index contributed by atoms with van der Waals surface area (Å²) in [5.74, 6) is 0.0202. The summed E-state index contributed by atoms with van der Waals surface area (Å²) in [6.45, 7) is 5.89. The molecule has 0 aliphatic carbocycles. The molecule has 1 atom stereocenters. The third-order valence-corrected chi connectivity index (χ3v) is 3.29. The van der Waals surface area contributed by atoms with Crippen LogP contribution in [0.4, 0.5) is 11.4 Å². The molecule has 0 saturated carbocycles. The SMILES string of the molecule is CCC(=O)Nc1cccc(NC(C)c2ccn[nH]2)c1C. The molecule has 1 aromatic heterocycles. The summed E-state index contributed by atoms with van der Waals surface area (Å²) < 4.78 is 0. The maximum Gasteiger partial charge on any atom is 0.224 e. The fraction of sp³-hybridized carbons (Fsp3) is 0.333. The van der Waals surface area contributed by atoms with Crippen LogP contribution in [0.15, 0.2) is 30.5 Å². The Morgan fingerprint density at radius 3 is 2.75 bits per heavy atom. The maximum absolute atomic E-state index is 11.5. The predicted molar refractivity (Wildman–Crippen MR) is 80.7 cm³/mol. The first kappa shape index (κ1) is 14.1. The number of aromatic nitrogens is 2. The van der Waals surface area contributed by atoms with Crippen molar-refractivity contribution in [3.63, 3.8) is 0 Å². The quantitative estimate of drug-likeness (QED) is 0.782. The van der Waals surface area contributed by atoms with Crippen molar-refractivity contribution in [2.45, 2.75) is 33.2 Å². The lowest BCUT2D eigenvalue weighted by molar-refractivity contribution is -0.115. The molecule has 5 nitrogen and oxygen atoms in total. The number of hydrogen-bond donors (Lipinski definition) is 3. The highest BCUT2D eigenvalue weighted by Gasteiger charge is 2.10. The van der Waals surface area contributed by atoms with Crippen LogP contribution in [-0.2, 0) is 4.79 Å². The molecule has 1 amide bonds. The second-order valence-corrected chi connectivity index (χ2v) is 4.76. The topological polar surface area (TPSA) is 69.8 Å². The van der Waals surface area contributed by atoms with Gasteiger partial charge in [-0.05, 0) is 37.6 Å². The van der Waals surface area contributed by atoms with Crippen molar-refractivity contribution in [3.8, 4) is 0 Å². The number of nitrogens with one attached hydrogen (secondary N) is 3. The van der Waals surface area contributed by atoms with Crippen LogP contribution < -0.4 is 10.6 Å². The minimum absolute atomic E-state index is 0.0202. The highest BCUT2D eigenvalue weighted by atomic mass is 16.1. The Bertz CT molecular complexity index is 578. The third-order valence-electron chi connectivity index (χ3n) is 3.29. The Labute approximate surface area is 118 Å². The van der Waals surface area contributed by atoms with Gasteiger partial charge < -0.3 is 10.6 Å². The number of carbonyl (C=O) groups excluding carboxylic acids is 1. The van der Waals surface area contributed by atoms with Crippen molar-refractivity contribution >= 4 is 17.3 Å². The maximum atomic E-state index is 11.5. The van der Waals surface area contributed by atoms with Gasteiger partial charge in [0.2, 0.25) is 5.91 Å². The fourth-order valence-corrected chi connectivity index (χ4v) is 1.98. The smallest absolute Gasteiger partial charge is 0.224 e. The molecule has 20 heavy (non-hydrogen) atoms. The summed E-state index contributed by atoms with van der Waals surface area (Å²) in [6, 6.07) is 7.91. The van der Waals surface area contributed by atoms with Crippen LogP contribution in [0.2, 0.25) is 0 Å². The van der Waals surface area contributed by atoms with E-state index in [1.807, 2.05) is 38.1 Å².